The molecule has 1 unspecified atom stereocenters. The number of rotatable bonds is 4. The van der Waals surface area contributed by atoms with Crippen LogP contribution in [0.15, 0.2) is 60.0 Å². The fraction of sp³-hybridized carbons (Fsp3) is 0.217. The minimum absolute atomic E-state index is 0.0898. The standard InChI is InChI=1S/C23H22N4O2/c1-13(2)28-16-10-8-15(9-11-16)21-20-19(17-7-5-4-6-14(17)3)18(12-24)22(25)29-23(20)27-26-21/h4-11,13,19H,25H2,1-3H3,(H,26,27). The molecule has 146 valence electrons. The van der Waals surface area contributed by atoms with Crippen molar-refractivity contribution in [3.63, 3.8) is 0 Å². The Morgan fingerprint density at radius 1 is 1.17 bits per heavy atom. The average molecular weight is 386 g/mol. The highest BCUT2D eigenvalue weighted by atomic mass is 16.5. The highest BCUT2D eigenvalue weighted by molar-refractivity contribution is 5.71. The van der Waals surface area contributed by atoms with Crippen molar-refractivity contribution in [2.45, 2.75) is 32.8 Å². The molecule has 0 saturated carbocycles. The first kappa shape index (κ1) is 18.6. The minimum atomic E-state index is -0.356. The van der Waals surface area contributed by atoms with Crippen molar-refractivity contribution in [1.29, 1.82) is 5.26 Å². The van der Waals surface area contributed by atoms with Gasteiger partial charge in [-0.25, -0.2) is 0 Å². The summed E-state index contributed by atoms with van der Waals surface area (Å²) < 4.78 is 11.4. The van der Waals surface area contributed by atoms with Crippen LogP contribution in [-0.2, 0) is 0 Å². The van der Waals surface area contributed by atoms with Crippen LogP contribution in [0, 0.1) is 18.3 Å². The number of nitrogens with one attached hydrogen (secondary N) is 1. The number of hydrogen-bond donors (Lipinski definition) is 2. The Morgan fingerprint density at radius 3 is 2.55 bits per heavy atom. The van der Waals surface area contributed by atoms with Gasteiger partial charge in [0.15, 0.2) is 0 Å². The first-order valence-electron chi connectivity index (χ1n) is 9.48. The maximum Gasteiger partial charge on any atom is 0.244 e. The van der Waals surface area contributed by atoms with Crippen LogP contribution >= 0.6 is 0 Å². The lowest BCUT2D eigenvalue weighted by Gasteiger charge is -2.25. The zero-order chi connectivity index (χ0) is 20.5. The van der Waals surface area contributed by atoms with Crippen molar-refractivity contribution in [3.8, 4) is 29.0 Å². The number of fused-ring (bicyclic) bond motifs is 1. The van der Waals surface area contributed by atoms with Crippen LogP contribution in [0.5, 0.6) is 11.6 Å². The molecule has 6 nitrogen and oxygen atoms in total. The number of hydrogen-bond acceptors (Lipinski definition) is 5. The smallest absolute Gasteiger partial charge is 0.244 e. The summed E-state index contributed by atoms with van der Waals surface area (Å²) in [5.74, 6) is 0.926. The van der Waals surface area contributed by atoms with E-state index in [2.05, 4.69) is 16.3 Å². The van der Waals surface area contributed by atoms with Crippen LogP contribution in [-0.4, -0.2) is 16.3 Å². The van der Waals surface area contributed by atoms with Gasteiger partial charge in [-0.05, 0) is 56.2 Å². The van der Waals surface area contributed by atoms with E-state index in [0.29, 0.717) is 11.5 Å². The quantitative estimate of drug-likeness (QED) is 0.693. The van der Waals surface area contributed by atoms with Gasteiger partial charge < -0.3 is 15.2 Å². The van der Waals surface area contributed by atoms with Gasteiger partial charge >= 0.3 is 0 Å². The summed E-state index contributed by atoms with van der Waals surface area (Å²) in [5, 5.41) is 17.2. The lowest BCUT2D eigenvalue weighted by atomic mass is 9.81. The highest BCUT2D eigenvalue weighted by Gasteiger charge is 2.36. The summed E-state index contributed by atoms with van der Waals surface area (Å²) in [6.07, 6.45) is 0.103. The number of aromatic amines is 1. The molecule has 2 heterocycles. The second-order valence-corrected chi connectivity index (χ2v) is 7.29. The topological polar surface area (TPSA) is 97.0 Å². The first-order valence-corrected chi connectivity index (χ1v) is 9.48. The lowest BCUT2D eigenvalue weighted by Crippen LogP contribution is -2.21. The maximum absolute atomic E-state index is 9.81. The van der Waals surface area contributed by atoms with Crippen LogP contribution in [0.4, 0.5) is 0 Å². The third-order valence-corrected chi connectivity index (χ3v) is 4.95. The number of H-pyrrole nitrogens is 1. The van der Waals surface area contributed by atoms with Crippen molar-refractivity contribution >= 4 is 0 Å². The van der Waals surface area contributed by atoms with Gasteiger partial charge in [0.1, 0.15) is 17.4 Å². The molecular formula is C23H22N4O2. The molecule has 6 heteroatoms. The molecule has 1 aliphatic heterocycles. The Kier molecular flexibility index (Phi) is 4.73. The zero-order valence-electron chi connectivity index (χ0n) is 16.6. The van der Waals surface area contributed by atoms with Crippen LogP contribution in [0.25, 0.3) is 11.3 Å². The van der Waals surface area contributed by atoms with E-state index in [0.717, 1.165) is 33.7 Å². The SMILES string of the molecule is Cc1ccccc1C1C(C#N)=C(N)Oc2n[nH]c(-c3ccc(OC(C)C)cc3)c21. The number of allylic oxidation sites excluding steroid dienone is 1. The van der Waals surface area contributed by atoms with E-state index in [1.807, 2.05) is 69.3 Å². The summed E-state index contributed by atoms with van der Waals surface area (Å²) in [5.41, 5.74) is 11.0. The molecule has 29 heavy (non-hydrogen) atoms. The van der Waals surface area contributed by atoms with Gasteiger partial charge in [-0.3, -0.25) is 5.10 Å². The van der Waals surface area contributed by atoms with Crippen LogP contribution < -0.4 is 15.2 Å². The Balaban J connectivity index is 1.85. The van der Waals surface area contributed by atoms with E-state index in [1.165, 1.54) is 0 Å². The normalized spacial score (nSPS) is 15.6. The van der Waals surface area contributed by atoms with Crippen LogP contribution in [0.2, 0.25) is 0 Å². The molecule has 3 aromatic rings. The Labute approximate surface area is 169 Å². The number of aromatic nitrogens is 2. The van der Waals surface area contributed by atoms with Crippen LogP contribution in [0.3, 0.4) is 0 Å². The van der Waals surface area contributed by atoms with E-state index in [-0.39, 0.29) is 17.9 Å². The third kappa shape index (κ3) is 3.32. The molecule has 1 atom stereocenters. The molecule has 0 fully saturated rings. The van der Waals surface area contributed by atoms with Crippen LogP contribution in [0.1, 0.15) is 36.5 Å². The lowest BCUT2D eigenvalue weighted by molar-refractivity contribution is 0.242. The molecule has 0 saturated heterocycles. The van der Waals surface area contributed by atoms with Crippen molar-refractivity contribution in [1.82, 2.24) is 10.2 Å². The fourth-order valence-corrected chi connectivity index (χ4v) is 3.66. The predicted octanol–water partition coefficient (Wildman–Crippen LogP) is 4.39. The van der Waals surface area contributed by atoms with E-state index in [1.54, 1.807) is 0 Å². The molecule has 0 radical (unpaired) electrons. The average Bonchev–Trinajstić information content (AvgIpc) is 3.11. The Morgan fingerprint density at radius 2 is 1.90 bits per heavy atom. The summed E-state index contributed by atoms with van der Waals surface area (Å²) in [4.78, 5) is 0. The molecule has 1 aromatic heterocycles. The molecule has 4 rings (SSSR count). The monoisotopic (exact) mass is 386 g/mol. The number of aryl methyl sites for hydroxylation is 1. The van der Waals surface area contributed by atoms with Gasteiger partial charge in [0.05, 0.1) is 23.3 Å². The zero-order valence-corrected chi connectivity index (χ0v) is 16.6. The van der Waals surface area contributed by atoms with Crippen molar-refractivity contribution in [2.24, 2.45) is 5.73 Å². The summed E-state index contributed by atoms with van der Waals surface area (Å²) in [6.45, 7) is 6.00. The number of ether oxygens (including phenoxy) is 2. The van der Waals surface area contributed by atoms with Gasteiger partial charge in [0, 0.05) is 5.56 Å². The second kappa shape index (κ2) is 7.36. The largest absolute Gasteiger partial charge is 0.491 e. The van der Waals surface area contributed by atoms with Crippen molar-refractivity contribution < 1.29 is 9.47 Å². The van der Waals surface area contributed by atoms with Gasteiger partial charge in [0.2, 0.25) is 11.8 Å². The maximum atomic E-state index is 9.81. The molecule has 1 aliphatic rings. The highest BCUT2D eigenvalue weighted by Crippen LogP contribution is 2.46. The Bertz CT molecular complexity index is 1120. The number of nitrogens with zero attached hydrogens (tertiary/aromatic N) is 2. The summed E-state index contributed by atoms with van der Waals surface area (Å²) in [6, 6.07) is 18.0. The molecule has 0 aliphatic carbocycles. The van der Waals surface area contributed by atoms with Gasteiger partial charge in [0.25, 0.3) is 0 Å². The van der Waals surface area contributed by atoms with E-state index in [9.17, 15) is 5.26 Å². The predicted molar refractivity (Wildman–Crippen MR) is 110 cm³/mol. The number of nitriles is 1. The number of nitrogens with two attached hydrogens (primary N) is 1. The third-order valence-electron chi connectivity index (χ3n) is 4.95. The van der Waals surface area contributed by atoms with E-state index >= 15 is 0 Å². The molecular weight excluding hydrogens is 364 g/mol. The minimum Gasteiger partial charge on any atom is -0.491 e. The fourth-order valence-electron chi connectivity index (χ4n) is 3.66. The first-order chi connectivity index (χ1) is 14.0. The molecule has 0 spiro atoms. The van der Waals surface area contributed by atoms with E-state index < -0.39 is 0 Å². The van der Waals surface area contributed by atoms with Gasteiger partial charge in [-0.15, -0.1) is 5.10 Å². The second-order valence-electron chi connectivity index (χ2n) is 7.29. The van der Waals surface area contributed by atoms with E-state index in [4.69, 9.17) is 15.2 Å². The van der Waals surface area contributed by atoms with Crippen molar-refractivity contribution in [2.75, 3.05) is 0 Å². The van der Waals surface area contributed by atoms with Crippen molar-refractivity contribution in [3.05, 3.63) is 76.7 Å². The number of benzene rings is 2. The summed E-state index contributed by atoms with van der Waals surface area (Å²) >= 11 is 0. The Hall–Kier alpha value is -3.72. The molecule has 2 aromatic carbocycles. The molecule has 3 N–H and O–H groups in total. The van der Waals surface area contributed by atoms with Gasteiger partial charge in [-0.1, -0.05) is 24.3 Å². The molecule has 0 amide bonds. The molecule has 0 bridgehead atoms. The van der Waals surface area contributed by atoms with Gasteiger partial charge in [-0.2, -0.15) is 5.26 Å². The summed E-state index contributed by atoms with van der Waals surface area (Å²) in [7, 11) is 0.